The Hall–Kier alpha value is -1.59. The molecule has 2 atom stereocenters. The van der Waals surface area contributed by atoms with Gasteiger partial charge in [0.2, 0.25) is 0 Å². The molecule has 5 heteroatoms. The zero-order valence-electron chi connectivity index (χ0n) is 12.0. The van der Waals surface area contributed by atoms with Gasteiger partial charge in [0.1, 0.15) is 11.8 Å². The van der Waals surface area contributed by atoms with Gasteiger partial charge in [-0.05, 0) is 25.0 Å². The van der Waals surface area contributed by atoms with Crippen LogP contribution in [0.15, 0.2) is 24.3 Å². The first-order chi connectivity index (χ1) is 9.63. The number of carboxylic acids is 1. The molecule has 1 aliphatic heterocycles. The summed E-state index contributed by atoms with van der Waals surface area (Å²) in [6, 6.07) is 7.61. The number of ether oxygens (including phenoxy) is 1. The van der Waals surface area contributed by atoms with E-state index < -0.39 is 12.0 Å². The summed E-state index contributed by atoms with van der Waals surface area (Å²) in [7, 11) is 1.66. The Morgan fingerprint density at radius 3 is 3.00 bits per heavy atom. The molecule has 0 amide bonds. The molecule has 1 saturated heterocycles. The van der Waals surface area contributed by atoms with Gasteiger partial charge in [0, 0.05) is 25.7 Å². The van der Waals surface area contributed by atoms with Gasteiger partial charge < -0.3 is 15.2 Å². The molecule has 2 unspecified atom stereocenters. The second-order valence-electron chi connectivity index (χ2n) is 5.16. The lowest BCUT2D eigenvalue weighted by Crippen LogP contribution is -2.58. The van der Waals surface area contributed by atoms with Gasteiger partial charge in [-0.15, -0.1) is 0 Å². The van der Waals surface area contributed by atoms with Gasteiger partial charge in [0.05, 0.1) is 7.11 Å². The average molecular weight is 278 g/mol. The first kappa shape index (κ1) is 14.8. The Balaban J connectivity index is 2.09. The van der Waals surface area contributed by atoms with Crippen LogP contribution in [0, 0.1) is 0 Å². The Labute approximate surface area is 119 Å². The first-order valence-electron chi connectivity index (χ1n) is 6.94. The van der Waals surface area contributed by atoms with Crippen molar-refractivity contribution in [3.63, 3.8) is 0 Å². The van der Waals surface area contributed by atoms with Gasteiger partial charge >= 0.3 is 5.97 Å². The van der Waals surface area contributed by atoms with E-state index in [0.29, 0.717) is 6.54 Å². The molecule has 0 bridgehead atoms. The fraction of sp³-hybridized carbons (Fsp3) is 0.533. The number of carboxylic acid groups (broad SMARTS) is 1. The number of piperazine rings is 1. The van der Waals surface area contributed by atoms with Crippen LogP contribution in [-0.4, -0.2) is 54.8 Å². The lowest BCUT2D eigenvalue weighted by molar-refractivity contribution is -0.144. The molecule has 20 heavy (non-hydrogen) atoms. The molecule has 0 aliphatic carbocycles. The molecule has 0 saturated carbocycles. The lowest BCUT2D eigenvalue weighted by Gasteiger charge is -2.38. The van der Waals surface area contributed by atoms with E-state index in [9.17, 15) is 9.90 Å². The number of methoxy groups -OCH3 is 1. The van der Waals surface area contributed by atoms with E-state index in [2.05, 4.69) is 17.1 Å². The van der Waals surface area contributed by atoms with E-state index in [1.54, 1.807) is 7.11 Å². The fourth-order valence-corrected chi connectivity index (χ4v) is 2.78. The van der Waals surface area contributed by atoms with Crippen molar-refractivity contribution in [2.75, 3.05) is 26.7 Å². The van der Waals surface area contributed by atoms with Gasteiger partial charge in [-0.2, -0.15) is 0 Å². The maximum atomic E-state index is 11.3. The predicted molar refractivity (Wildman–Crippen MR) is 77.2 cm³/mol. The number of hydrogen-bond acceptors (Lipinski definition) is 4. The molecule has 1 aromatic rings. The van der Waals surface area contributed by atoms with Gasteiger partial charge in [0.15, 0.2) is 0 Å². The SMILES string of the molecule is COc1ccccc1CC(C)N1CCNCC1C(=O)O. The highest BCUT2D eigenvalue weighted by molar-refractivity contribution is 5.74. The van der Waals surface area contributed by atoms with Crippen molar-refractivity contribution in [3.8, 4) is 5.75 Å². The quantitative estimate of drug-likeness (QED) is 0.841. The van der Waals surface area contributed by atoms with Crippen LogP contribution in [0.1, 0.15) is 12.5 Å². The summed E-state index contributed by atoms with van der Waals surface area (Å²) < 4.78 is 5.36. The summed E-state index contributed by atoms with van der Waals surface area (Å²) in [5.41, 5.74) is 1.12. The van der Waals surface area contributed by atoms with E-state index in [0.717, 1.165) is 30.8 Å². The maximum Gasteiger partial charge on any atom is 0.322 e. The molecule has 0 spiro atoms. The Morgan fingerprint density at radius 1 is 1.55 bits per heavy atom. The van der Waals surface area contributed by atoms with Gasteiger partial charge in [0.25, 0.3) is 0 Å². The minimum atomic E-state index is -0.760. The van der Waals surface area contributed by atoms with Crippen LogP contribution in [0.4, 0.5) is 0 Å². The highest BCUT2D eigenvalue weighted by atomic mass is 16.5. The van der Waals surface area contributed by atoms with Gasteiger partial charge in [-0.1, -0.05) is 18.2 Å². The van der Waals surface area contributed by atoms with Crippen LogP contribution in [0.3, 0.4) is 0 Å². The summed E-state index contributed by atoms with van der Waals surface area (Å²) in [4.78, 5) is 13.4. The number of aliphatic carboxylic acids is 1. The zero-order chi connectivity index (χ0) is 14.5. The largest absolute Gasteiger partial charge is 0.496 e. The van der Waals surface area contributed by atoms with Crippen molar-refractivity contribution in [3.05, 3.63) is 29.8 Å². The predicted octanol–water partition coefficient (Wildman–Crippen LogP) is 0.985. The summed E-state index contributed by atoms with van der Waals surface area (Å²) in [6.07, 6.45) is 0.786. The van der Waals surface area contributed by atoms with Crippen LogP contribution in [0.5, 0.6) is 5.75 Å². The summed E-state index contributed by atoms with van der Waals surface area (Å²) >= 11 is 0. The normalized spacial score (nSPS) is 21.4. The number of nitrogens with one attached hydrogen (secondary N) is 1. The van der Waals surface area contributed by atoms with Crippen molar-refractivity contribution < 1.29 is 14.6 Å². The molecule has 1 fully saturated rings. The van der Waals surface area contributed by atoms with E-state index in [4.69, 9.17) is 4.74 Å². The van der Waals surface area contributed by atoms with Crippen molar-refractivity contribution in [1.29, 1.82) is 0 Å². The first-order valence-corrected chi connectivity index (χ1v) is 6.94. The third kappa shape index (κ3) is 3.29. The van der Waals surface area contributed by atoms with E-state index >= 15 is 0 Å². The smallest absolute Gasteiger partial charge is 0.322 e. The number of nitrogens with zero attached hydrogens (tertiary/aromatic N) is 1. The second-order valence-corrected chi connectivity index (χ2v) is 5.16. The van der Waals surface area contributed by atoms with Crippen molar-refractivity contribution in [2.24, 2.45) is 0 Å². The highest BCUT2D eigenvalue weighted by Crippen LogP contribution is 2.21. The summed E-state index contributed by atoms with van der Waals surface area (Å²) in [5, 5.41) is 12.5. The number of hydrogen-bond donors (Lipinski definition) is 2. The average Bonchev–Trinajstić information content (AvgIpc) is 2.47. The molecule has 2 N–H and O–H groups in total. The summed E-state index contributed by atoms with van der Waals surface area (Å²) in [6.45, 7) is 4.17. The third-order valence-corrected chi connectivity index (χ3v) is 3.84. The minimum Gasteiger partial charge on any atom is -0.496 e. The van der Waals surface area contributed by atoms with Crippen molar-refractivity contribution in [2.45, 2.75) is 25.4 Å². The minimum absolute atomic E-state index is 0.162. The number of carbonyl (C=O) groups is 1. The topological polar surface area (TPSA) is 61.8 Å². The Morgan fingerprint density at radius 2 is 2.30 bits per heavy atom. The standard InChI is InChI=1S/C15H22N2O3/c1-11(9-12-5-3-4-6-14(12)20-2)17-8-7-16-10-13(17)15(18)19/h3-6,11,13,16H,7-10H2,1-2H3,(H,18,19). The second kappa shape index (κ2) is 6.72. The molecule has 1 aromatic carbocycles. The Bertz CT molecular complexity index is 464. The van der Waals surface area contributed by atoms with Crippen LogP contribution in [0.25, 0.3) is 0 Å². The molecule has 1 heterocycles. The number of benzene rings is 1. The molecule has 0 radical (unpaired) electrons. The van der Waals surface area contributed by atoms with Crippen LogP contribution in [0.2, 0.25) is 0 Å². The maximum absolute atomic E-state index is 11.3. The van der Waals surface area contributed by atoms with E-state index in [1.807, 2.05) is 24.3 Å². The van der Waals surface area contributed by atoms with Crippen molar-refractivity contribution >= 4 is 5.97 Å². The molecule has 110 valence electrons. The van der Waals surface area contributed by atoms with E-state index in [-0.39, 0.29) is 6.04 Å². The molecule has 1 aliphatic rings. The molecule has 5 nitrogen and oxygen atoms in total. The van der Waals surface area contributed by atoms with Gasteiger partial charge in [-0.25, -0.2) is 0 Å². The highest BCUT2D eigenvalue weighted by Gasteiger charge is 2.31. The third-order valence-electron chi connectivity index (χ3n) is 3.84. The van der Waals surface area contributed by atoms with Gasteiger partial charge in [-0.3, -0.25) is 9.69 Å². The monoisotopic (exact) mass is 278 g/mol. The lowest BCUT2D eigenvalue weighted by atomic mass is 10.0. The van der Waals surface area contributed by atoms with Crippen LogP contribution < -0.4 is 10.1 Å². The molecular formula is C15H22N2O3. The van der Waals surface area contributed by atoms with E-state index in [1.165, 1.54) is 0 Å². The molecule has 0 aromatic heterocycles. The fourth-order valence-electron chi connectivity index (χ4n) is 2.78. The zero-order valence-corrected chi connectivity index (χ0v) is 12.0. The van der Waals surface area contributed by atoms with Crippen LogP contribution >= 0.6 is 0 Å². The number of rotatable bonds is 5. The Kier molecular flexibility index (Phi) is 4.98. The molecular weight excluding hydrogens is 256 g/mol. The number of para-hydroxylation sites is 1. The van der Waals surface area contributed by atoms with Crippen LogP contribution in [-0.2, 0) is 11.2 Å². The summed E-state index contributed by atoms with van der Waals surface area (Å²) in [5.74, 6) is 0.102. The van der Waals surface area contributed by atoms with Crippen molar-refractivity contribution in [1.82, 2.24) is 10.2 Å². The molecule has 2 rings (SSSR count).